The van der Waals surface area contributed by atoms with Crippen molar-refractivity contribution in [3.8, 4) is 0 Å². The van der Waals surface area contributed by atoms with Gasteiger partial charge in [-0.05, 0) is 49.8 Å². The first-order valence-corrected chi connectivity index (χ1v) is 7.22. The fraction of sp³-hybridized carbons (Fsp3) is 0.625. The quantitative estimate of drug-likeness (QED) is 0.813. The molecule has 0 amide bonds. The minimum absolute atomic E-state index is 0.138. The van der Waals surface area contributed by atoms with Crippen LogP contribution in [0.3, 0.4) is 0 Å². The minimum Gasteiger partial charge on any atom is -0.307 e. The van der Waals surface area contributed by atoms with Gasteiger partial charge < -0.3 is 5.32 Å². The number of hydrogen-bond donors (Lipinski definition) is 1. The summed E-state index contributed by atoms with van der Waals surface area (Å²) in [6.07, 6.45) is 6.42. The van der Waals surface area contributed by atoms with Crippen molar-refractivity contribution < 1.29 is 4.39 Å². The van der Waals surface area contributed by atoms with Gasteiger partial charge in [-0.2, -0.15) is 0 Å². The summed E-state index contributed by atoms with van der Waals surface area (Å²) in [5, 5.41) is 3.69. The van der Waals surface area contributed by atoms with Crippen LogP contribution in [0.4, 0.5) is 4.39 Å². The van der Waals surface area contributed by atoms with E-state index < -0.39 is 0 Å². The molecule has 1 fully saturated rings. The summed E-state index contributed by atoms with van der Waals surface area (Å²) >= 11 is 0. The molecule has 0 radical (unpaired) electrons. The van der Waals surface area contributed by atoms with Crippen molar-refractivity contribution in [2.24, 2.45) is 5.92 Å². The first-order chi connectivity index (χ1) is 8.70. The molecule has 2 atom stereocenters. The lowest BCUT2D eigenvalue weighted by Crippen LogP contribution is -2.35. The average molecular weight is 249 g/mol. The van der Waals surface area contributed by atoms with E-state index in [2.05, 4.69) is 19.2 Å². The van der Waals surface area contributed by atoms with E-state index in [1.165, 1.54) is 31.7 Å². The smallest absolute Gasteiger partial charge is 0.123 e. The maximum Gasteiger partial charge on any atom is 0.123 e. The van der Waals surface area contributed by atoms with Gasteiger partial charge in [-0.1, -0.05) is 31.9 Å². The summed E-state index contributed by atoms with van der Waals surface area (Å²) < 4.78 is 13.3. The van der Waals surface area contributed by atoms with Crippen LogP contribution in [0.25, 0.3) is 0 Å². The molecule has 1 saturated carbocycles. The summed E-state index contributed by atoms with van der Waals surface area (Å²) in [5.41, 5.74) is 1.07. The summed E-state index contributed by atoms with van der Waals surface area (Å²) in [4.78, 5) is 0. The molecule has 18 heavy (non-hydrogen) atoms. The second-order valence-corrected chi connectivity index (χ2v) is 5.52. The molecule has 1 aliphatic rings. The van der Waals surface area contributed by atoms with Crippen LogP contribution < -0.4 is 5.32 Å². The van der Waals surface area contributed by atoms with Gasteiger partial charge in [0.25, 0.3) is 0 Å². The van der Waals surface area contributed by atoms with E-state index >= 15 is 0 Å². The van der Waals surface area contributed by atoms with E-state index in [1.54, 1.807) is 12.1 Å². The topological polar surface area (TPSA) is 12.0 Å². The lowest BCUT2D eigenvalue weighted by molar-refractivity contribution is 0.338. The van der Waals surface area contributed by atoms with Crippen molar-refractivity contribution in [2.75, 3.05) is 0 Å². The molecule has 0 aromatic heterocycles. The zero-order valence-corrected chi connectivity index (χ0v) is 11.5. The molecule has 1 aromatic carbocycles. The SMILES string of the molecule is CCC(N[C@H](C)C1CCCC1)c1cccc(F)c1. The maximum atomic E-state index is 13.3. The highest BCUT2D eigenvalue weighted by atomic mass is 19.1. The Labute approximate surface area is 110 Å². The summed E-state index contributed by atoms with van der Waals surface area (Å²) in [6, 6.07) is 7.79. The summed E-state index contributed by atoms with van der Waals surface area (Å²) in [5.74, 6) is 0.661. The van der Waals surface area contributed by atoms with E-state index in [0.717, 1.165) is 17.9 Å². The van der Waals surface area contributed by atoms with Crippen LogP contribution in [0.2, 0.25) is 0 Å². The van der Waals surface area contributed by atoms with Gasteiger partial charge in [-0.3, -0.25) is 0 Å². The Morgan fingerprint density at radius 3 is 2.67 bits per heavy atom. The monoisotopic (exact) mass is 249 g/mol. The molecule has 2 rings (SSSR count). The van der Waals surface area contributed by atoms with Gasteiger partial charge in [0.15, 0.2) is 0 Å². The largest absolute Gasteiger partial charge is 0.307 e. The standard InChI is InChI=1S/C16H24FN/c1-3-16(14-9-6-10-15(17)11-14)18-12(2)13-7-4-5-8-13/h6,9-13,16,18H,3-5,7-8H2,1-2H3/t12-,16?/m1/s1. The summed E-state index contributed by atoms with van der Waals surface area (Å²) in [7, 11) is 0. The summed E-state index contributed by atoms with van der Waals surface area (Å²) in [6.45, 7) is 4.43. The highest BCUT2D eigenvalue weighted by Crippen LogP contribution is 2.29. The van der Waals surface area contributed by atoms with Gasteiger partial charge in [0, 0.05) is 12.1 Å². The van der Waals surface area contributed by atoms with Crippen molar-refractivity contribution in [1.29, 1.82) is 0 Å². The molecule has 1 N–H and O–H groups in total. The van der Waals surface area contributed by atoms with Gasteiger partial charge in [-0.25, -0.2) is 4.39 Å². The van der Waals surface area contributed by atoms with Gasteiger partial charge in [0.2, 0.25) is 0 Å². The molecule has 1 unspecified atom stereocenters. The van der Waals surface area contributed by atoms with Crippen molar-refractivity contribution in [3.05, 3.63) is 35.6 Å². The predicted octanol–water partition coefficient (Wildman–Crippen LogP) is 4.45. The Hall–Kier alpha value is -0.890. The molecule has 0 aliphatic heterocycles. The Kier molecular flexibility index (Phi) is 4.76. The van der Waals surface area contributed by atoms with Crippen molar-refractivity contribution in [3.63, 3.8) is 0 Å². The van der Waals surface area contributed by atoms with E-state index in [9.17, 15) is 4.39 Å². The van der Waals surface area contributed by atoms with Crippen LogP contribution in [0.15, 0.2) is 24.3 Å². The van der Waals surface area contributed by atoms with Crippen LogP contribution in [0, 0.1) is 11.7 Å². The van der Waals surface area contributed by atoms with E-state index in [4.69, 9.17) is 0 Å². The van der Waals surface area contributed by atoms with Gasteiger partial charge in [0.1, 0.15) is 5.82 Å². The van der Waals surface area contributed by atoms with Gasteiger partial charge in [0.05, 0.1) is 0 Å². The van der Waals surface area contributed by atoms with Crippen LogP contribution in [-0.2, 0) is 0 Å². The maximum absolute atomic E-state index is 13.3. The predicted molar refractivity (Wildman–Crippen MR) is 74.0 cm³/mol. The van der Waals surface area contributed by atoms with Crippen LogP contribution in [0.5, 0.6) is 0 Å². The Morgan fingerprint density at radius 1 is 1.33 bits per heavy atom. The van der Waals surface area contributed by atoms with Crippen LogP contribution in [0.1, 0.15) is 57.6 Å². The molecule has 0 spiro atoms. The molecule has 0 heterocycles. The fourth-order valence-electron chi connectivity index (χ4n) is 3.08. The number of benzene rings is 1. The second-order valence-electron chi connectivity index (χ2n) is 5.52. The third-order valence-electron chi connectivity index (χ3n) is 4.23. The number of hydrogen-bond acceptors (Lipinski definition) is 1. The first-order valence-electron chi connectivity index (χ1n) is 7.22. The fourth-order valence-corrected chi connectivity index (χ4v) is 3.08. The van der Waals surface area contributed by atoms with E-state index in [1.807, 2.05) is 6.07 Å². The number of halogens is 1. The minimum atomic E-state index is -0.138. The van der Waals surface area contributed by atoms with E-state index in [-0.39, 0.29) is 11.9 Å². The molecular weight excluding hydrogens is 225 g/mol. The Bertz CT molecular complexity index is 371. The van der Waals surface area contributed by atoms with Crippen LogP contribution in [-0.4, -0.2) is 6.04 Å². The molecule has 1 aromatic rings. The molecular formula is C16H24FN. The third-order valence-corrected chi connectivity index (χ3v) is 4.23. The molecule has 100 valence electrons. The second kappa shape index (κ2) is 6.33. The van der Waals surface area contributed by atoms with Crippen molar-refractivity contribution >= 4 is 0 Å². The average Bonchev–Trinajstić information content (AvgIpc) is 2.89. The number of rotatable bonds is 5. The molecule has 1 nitrogen and oxygen atoms in total. The van der Waals surface area contributed by atoms with Crippen molar-refractivity contribution in [1.82, 2.24) is 5.32 Å². The zero-order valence-electron chi connectivity index (χ0n) is 11.5. The number of nitrogens with one attached hydrogen (secondary N) is 1. The van der Waals surface area contributed by atoms with Crippen LogP contribution >= 0.6 is 0 Å². The first kappa shape index (κ1) is 13.5. The lowest BCUT2D eigenvalue weighted by Gasteiger charge is -2.27. The Balaban J connectivity index is 2.00. The molecule has 2 heteroatoms. The normalized spacial score (nSPS) is 19.9. The Morgan fingerprint density at radius 2 is 2.06 bits per heavy atom. The van der Waals surface area contributed by atoms with E-state index in [0.29, 0.717) is 6.04 Å². The highest BCUT2D eigenvalue weighted by Gasteiger charge is 2.23. The van der Waals surface area contributed by atoms with Gasteiger partial charge >= 0.3 is 0 Å². The molecule has 0 saturated heterocycles. The van der Waals surface area contributed by atoms with Gasteiger partial charge in [-0.15, -0.1) is 0 Å². The zero-order chi connectivity index (χ0) is 13.0. The molecule has 1 aliphatic carbocycles. The van der Waals surface area contributed by atoms with Crippen molar-refractivity contribution in [2.45, 2.75) is 58.0 Å². The third kappa shape index (κ3) is 3.32. The lowest BCUT2D eigenvalue weighted by atomic mass is 9.96. The highest BCUT2D eigenvalue weighted by molar-refractivity contribution is 5.20. The molecule has 0 bridgehead atoms.